The Morgan fingerprint density at radius 2 is 1.78 bits per heavy atom. The monoisotopic (exact) mass is 427 g/mol. The topological polar surface area (TPSA) is 70.2 Å². The molecular formula is C25H18FN3O3. The molecule has 0 saturated heterocycles. The van der Waals surface area contributed by atoms with Crippen molar-refractivity contribution in [1.82, 2.24) is 15.0 Å². The molecule has 6 nitrogen and oxygen atoms in total. The van der Waals surface area contributed by atoms with Crippen molar-refractivity contribution in [1.29, 1.82) is 0 Å². The average Bonchev–Trinajstić information content (AvgIpc) is 3.26. The molecule has 0 spiro atoms. The van der Waals surface area contributed by atoms with E-state index in [4.69, 9.17) is 9.15 Å². The lowest BCUT2D eigenvalue weighted by atomic mass is 10.1. The molecule has 0 saturated carbocycles. The quantitative estimate of drug-likeness (QED) is 0.389. The molecule has 0 N–H and O–H groups in total. The van der Waals surface area contributed by atoms with E-state index < -0.39 is 0 Å². The molecule has 0 radical (unpaired) electrons. The summed E-state index contributed by atoms with van der Waals surface area (Å²) in [4.78, 5) is 12.7. The van der Waals surface area contributed by atoms with E-state index in [1.807, 2.05) is 42.5 Å². The summed E-state index contributed by atoms with van der Waals surface area (Å²) in [5.74, 6) is 0.768. The minimum atomic E-state index is -0.319. The van der Waals surface area contributed by atoms with Crippen molar-refractivity contribution in [2.24, 2.45) is 0 Å². The van der Waals surface area contributed by atoms with Crippen molar-refractivity contribution in [3.8, 4) is 17.1 Å². The zero-order chi connectivity index (χ0) is 21.9. The fourth-order valence-electron chi connectivity index (χ4n) is 3.43. The van der Waals surface area contributed by atoms with E-state index in [0.717, 1.165) is 16.8 Å². The van der Waals surface area contributed by atoms with Gasteiger partial charge in [-0.05, 0) is 42.0 Å². The lowest BCUT2D eigenvalue weighted by Gasteiger charge is -2.09. The molecule has 158 valence electrons. The summed E-state index contributed by atoms with van der Waals surface area (Å²) in [6.07, 6.45) is 1.62. The van der Waals surface area contributed by atoms with Crippen LogP contribution in [-0.4, -0.2) is 15.0 Å². The molecule has 0 fully saturated rings. The number of halogens is 1. The summed E-state index contributed by atoms with van der Waals surface area (Å²) in [6.45, 7) is 0.646. The Hall–Kier alpha value is -4.26. The van der Waals surface area contributed by atoms with Crippen molar-refractivity contribution >= 4 is 11.0 Å². The Balaban J connectivity index is 1.37. The van der Waals surface area contributed by atoms with Crippen molar-refractivity contribution in [2.75, 3.05) is 0 Å². The summed E-state index contributed by atoms with van der Waals surface area (Å²) in [5, 5.41) is 8.59. The van der Waals surface area contributed by atoms with Crippen LogP contribution in [0.3, 0.4) is 0 Å². The Labute approximate surface area is 182 Å². The minimum absolute atomic E-state index is 0.106. The second kappa shape index (κ2) is 8.47. The summed E-state index contributed by atoms with van der Waals surface area (Å²) >= 11 is 0. The first-order valence-corrected chi connectivity index (χ1v) is 10.0. The zero-order valence-electron chi connectivity index (χ0n) is 16.9. The van der Waals surface area contributed by atoms with Gasteiger partial charge in [0.15, 0.2) is 5.43 Å². The third-order valence-corrected chi connectivity index (χ3v) is 5.08. The van der Waals surface area contributed by atoms with Gasteiger partial charge in [0.2, 0.25) is 0 Å². The molecule has 7 heteroatoms. The van der Waals surface area contributed by atoms with Crippen molar-refractivity contribution in [2.45, 2.75) is 13.2 Å². The van der Waals surface area contributed by atoms with Crippen molar-refractivity contribution in [3.05, 3.63) is 112 Å². The zero-order valence-corrected chi connectivity index (χ0v) is 16.9. The van der Waals surface area contributed by atoms with Crippen LogP contribution in [0.15, 0.2) is 94.3 Å². The Morgan fingerprint density at radius 1 is 0.969 bits per heavy atom. The Bertz CT molecular complexity index is 1430. The standard InChI is InChI=1S/C25H18FN3O3/c26-19-7-9-21(10-8-19)31-16-20-14-27-28-29(20)15-17-6-11-24-22(12-17)23(30)13-25(32-24)18-4-2-1-3-5-18/h1-14H,15-16H2. The average molecular weight is 427 g/mol. The molecule has 0 aliphatic carbocycles. The highest BCUT2D eigenvalue weighted by atomic mass is 19.1. The van der Waals surface area contributed by atoms with Gasteiger partial charge in [0.25, 0.3) is 0 Å². The Kier molecular flexibility index (Phi) is 5.21. The SMILES string of the molecule is O=c1cc(-c2ccccc2)oc2ccc(Cn3nncc3COc3ccc(F)cc3)cc12. The number of hydrogen-bond donors (Lipinski definition) is 0. The predicted octanol–water partition coefficient (Wildman–Crippen LogP) is 4.82. The molecule has 0 aliphatic rings. The van der Waals surface area contributed by atoms with Crippen LogP contribution < -0.4 is 10.2 Å². The van der Waals surface area contributed by atoms with Crippen LogP contribution in [0.1, 0.15) is 11.3 Å². The van der Waals surface area contributed by atoms with Crippen LogP contribution in [0, 0.1) is 5.82 Å². The number of aromatic nitrogens is 3. The van der Waals surface area contributed by atoms with E-state index in [1.54, 1.807) is 29.1 Å². The molecule has 0 atom stereocenters. The molecule has 0 aliphatic heterocycles. The van der Waals surface area contributed by atoms with Crippen LogP contribution in [0.4, 0.5) is 4.39 Å². The third-order valence-electron chi connectivity index (χ3n) is 5.08. The van der Waals surface area contributed by atoms with Crippen LogP contribution in [0.25, 0.3) is 22.3 Å². The number of benzene rings is 3. The van der Waals surface area contributed by atoms with Crippen LogP contribution in [0.2, 0.25) is 0 Å². The second-order valence-corrected chi connectivity index (χ2v) is 7.30. The molecule has 0 bridgehead atoms. The fourth-order valence-corrected chi connectivity index (χ4v) is 3.43. The highest BCUT2D eigenvalue weighted by Gasteiger charge is 2.10. The largest absolute Gasteiger partial charge is 0.487 e. The molecule has 2 heterocycles. The van der Waals surface area contributed by atoms with E-state index >= 15 is 0 Å². The van der Waals surface area contributed by atoms with Gasteiger partial charge >= 0.3 is 0 Å². The van der Waals surface area contributed by atoms with Gasteiger partial charge in [-0.3, -0.25) is 4.79 Å². The number of rotatable bonds is 6. The lowest BCUT2D eigenvalue weighted by Crippen LogP contribution is -2.09. The number of nitrogens with zero attached hydrogens (tertiary/aromatic N) is 3. The molecule has 3 aromatic carbocycles. The molecule has 32 heavy (non-hydrogen) atoms. The summed E-state index contributed by atoms with van der Waals surface area (Å²) < 4.78 is 26.4. The third kappa shape index (κ3) is 4.13. The lowest BCUT2D eigenvalue weighted by molar-refractivity contribution is 0.292. The maximum atomic E-state index is 13.0. The normalized spacial score (nSPS) is 11.0. The number of ether oxygens (including phenoxy) is 1. The second-order valence-electron chi connectivity index (χ2n) is 7.30. The summed E-state index contributed by atoms with van der Waals surface area (Å²) in [6, 6.07) is 22.3. The van der Waals surface area contributed by atoms with Crippen molar-refractivity contribution in [3.63, 3.8) is 0 Å². The molecule has 5 rings (SSSR count). The Morgan fingerprint density at radius 3 is 2.59 bits per heavy atom. The van der Waals surface area contributed by atoms with Crippen molar-refractivity contribution < 1.29 is 13.5 Å². The predicted molar refractivity (Wildman–Crippen MR) is 118 cm³/mol. The molecule has 0 unspecified atom stereocenters. The first-order valence-electron chi connectivity index (χ1n) is 10.0. The van der Waals surface area contributed by atoms with Gasteiger partial charge in [-0.1, -0.05) is 41.6 Å². The van der Waals surface area contributed by atoms with Gasteiger partial charge in [0.05, 0.1) is 23.8 Å². The number of fused-ring (bicyclic) bond motifs is 1. The van der Waals surface area contributed by atoms with Crippen LogP contribution in [0.5, 0.6) is 5.75 Å². The molecule has 5 aromatic rings. The summed E-state index contributed by atoms with van der Waals surface area (Å²) in [7, 11) is 0. The maximum Gasteiger partial charge on any atom is 0.193 e. The van der Waals surface area contributed by atoms with E-state index in [0.29, 0.717) is 29.0 Å². The van der Waals surface area contributed by atoms with Crippen LogP contribution in [-0.2, 0) is 13.2 Å². The molecule has 2 aromatic heterocycles. The van der Waals surface area contributed by atoms with E-state index in [1.165, 1.54) is 18.2 Å². The number of hydrogen-bond acceptors (Lipinski definition) is 5. The van der Waals surface area contributed by atoms with Gasteiger partial charge in [-0.25, -0.2) is 9.07 Å². The van der Waals surface area contributed by atoms with Crippen LogP contribution >= 0.6 is 0 Å². The maximum absolute atomic E-state index is 13.0. The van der Waals surface area contributed by atoms with Gasteiger partial charge in [0, 0.05) is 11.6 Å². The first-order chi connectivity index (χ1) is 15.7. The fraction of sp³-hybridized carbons (Fsp3) is 0.0800. The van der Waals surface area contributed by atoms with E-state index in [2.05, 4.69) is 10.3 Å². The van der Waals surface area contributed by atoms with E-state index in [-0.39, 0.29) is 17.9 Å². The highest BCUT2D eigenvalue weighted by molar-refractivity contribution is 5.79. The minimum Gasteiger partial charge on any atom is -0.487 e. The van der Waals surface area contributed by atoms with Gasteiger partial charge < -0.3 is 9.15 Å². The highest BCUT2D eigenvalue weighted by Crippen LogP contribution is 2.23. The molecule has 0 amide bonds. The van der Waals surface area contributed by atoms with Gasteiger partial charge in [-0.2, -0.15) is 0 Å². The first kappa shape index (κ1) is 19.7. The van der Waals surface area contributed by atoms with E-state index in [9.17, 15) is 9.18 Å². The van der Waals surface area contributed by atoms with Gasteiger partial charge in [-0.15, -0.1) is 5.10 Å². The summed E-state index contributed by atoms with van der Waals surface area (Å²) in [5.41, 5.74) is 2.90. The van der Waals surface area contributed by atoms with Gasteiger partial charge in [0.1, 0.15) is 29.5 Å². The smallest absolute Gasteiger partial charge is 0.193 e. The molecular weight excluding hydrogens is 409 g/mol.